The first-order valence-corrected chi connectivity index (χ1v) is 4.79. The van der Waals surface area contributed by atoms with Crippen LogP contribution < -0.4 is 0 Å². The van der Waals surface area contributed by atoms with E-state index in [2.05, 4.69) is 32.6 Å². The van der Waals surface area contributed by atoms with Crippen molar-refractivity contribution in [3.8, 4) is 0 Å². The second-order valence-corrected chi connectivity index (χ2v) is 3.93. The first-order chi connectivity index (χ1) is 5.77. The van der Waals surface area contributed by atoms with Crippen LogP contribution in [0.4, 0.5) is 0 Å². The van der Waals surface area contributed by atoms with Crippen molar-refractivity contribution >= 4 is 57.5 Å². The Hall–Kier alpha value is -0.130. The first-order valence-electron chi connectivity index (χ1n) is 3.33. The fraction of sp³-hybridized carbons (Fsp3) is 0. The fourth-order valence-electron chi connectivity index (χ4n) is 0.997. The van der Waals surface area contributed by atoms with Gasteiger partial charge in [-0.2, -0.15) is 0 Å². The highest BCUT2D eigenvalue weighted by Gasteiger charge is 2.00. The summed E-state index contributed by atoms with van der Waals surface area (Å²) < 4.78 is 1.14. The lowest BCUT2D eigenvalue weighted by Gasteiger charge is -1.97. The summed E-state index contributed by atoms with van der Waals surface area (Å²) >= 11 is 8.10. The number of benzene rings is 1. The van der Waals surface area contributed by atoms with Gasteiger partial charge in [0.2, 0.25) is 0 Å². The topological polar surface area (TPSA) is 25.8 Å². The van der Waals surface area contributed by atoms with Gasteiger partial charge in [-0.25, -0.2) is 9.97 Å². The molecule has 2 nitrogen and oxygen atoms in total. The van der Waals surface area contributed by atoms with Crippen LogP contribution in [0.25, 0.3) is 10.9 Å². The van der Waals surface area contributed by atoms with Gasteiger partial charge in [0.1, 0.15) is 11.5 Å². The van der Waals surface area contributed by atoms with Gasteiger partial charge in [-0.05, 0) is 40.8 Å². The number of hydrogen-bond donors (Lipinski definition) is 0. The van der Waals surface area contributed by atoms with Gasteiger partial charge in [0, 0.05) is 8.96 Å². The third-order valence-electron chi connectivity index (χ3n) is 1.55. The predicted octanol–water partition coefficient (Wildman–Crippen LogP) is 3.31. The van der Waals surface area contributed by atoms with Crippen molar-refractivity contribution in [1.82, 2.24) is 9.97 Å². The van der Waals surface area contributed by atoms with Crippen molar-refractivity contribution in [2.45, 2.75) is 0 Å². The Morgan fingerprint density at radius 2 is 2.00 bits per heavy atom. The fourth-order valence-corrected chi connectivity index (χ4v) is 1.68. The van der Waals surface area contributed by atoms with Gasteiger partial charge in [0.25, 0.3) is 0 Å². The SMILES string of the molecule is Cl.Clc1ncnc2ccc(I)cc12. The zero-order valence-corrected chi connectivity index (χ0v) is 10.1. The van der Waals surface area contributed by atoms with Crippen LogP contribution in [0.15, 0.2) is 24.5 Å². The number of fused-ring (bicyclic) bond motifs is 1. The van der Waals surface area contributed by atoms with Gasteiger partial charge in [-0.1, -0.05) is 11.6 Å². The molecule has 0 unspecified atom stereocenters. The molecule has 2 rings (SSSR count). The van der Waals surface area contributed by atoms with Crippen molar-refractivity contribution < 1.29 is 0 Å². The molecule has 0 aliphatic rings. The van der Waals surface area contributed by atoms with Gasteiger partial charge in [-0.15, -0.1) is 12.4 Å². The maximum Gasteiger partial charge on any atom is 0.140 e. The van der Waals surface area contributed by atoms with E-state index < -0.39 is 0 Å². The molecule has 5 heteroatoms. The molecule has 0 bridgehead atoms. The number of nitrogens with zero attached hydrogens (tertiary/aromatic N) is 2. The molecule has 0 fully saturated rings. The van der Waals surface area contributed by atoms with Crippen LogP contribution in [0, 0.1) is 3.57 Å². The molecule has 0 spiro atoms. The lowest BCUT2D eigenvalue weighted by Crippen LogP contribution is -1.83. The first kappa shape index (κ1) is 10.9. The molecular weight excluding hydrogens is 322 g/mol. The zero-order valence-electron chi connectivity index (χ0n) is 6.37. The number of halogens is 3. The third kappa shape index (κ3) is 2.21. The van der Waals surface area contributed by atoms with Crippen LogP contribution in [0.3, 0.4) is 0 Å². The highest BCUT2D eigenvalue weighted by molar-refractivity contribution is 14.1. The van der Waals surface area contributed by atoms with Crippen molar-refractivity contribution in [3.63, 3.8) is 0 Å². The molecule has 0 amide bonds. The molecule has 1 aromatic heterocycles. The summed E-state index contributed by atoms with van der Waals surface area (Å²) in [6, 6.07) is 5.90. The van der Waals surface area contributed by atoms with E-state index >= 15 is 0 Å². The largest absolute Gasteiger partial charge is 0.236 e. The summed E-state index contributed by atoms with van der Waals surface area (Å²) in [6.07, 6.45) is 1.47. The Kier molecular flexibility index (Phi) is 3.70. The second-order valence-electron chi connectivity index (χ2n) is 2.33. The zero-order chi connectivity index (χ0) is 8.55. The van der Waals surface area contributed by atoms with Crippen LogP contribution in [0.2, 0.25) is 5.15 Å². The number of hydrogen-bond acceptors (Lipinski definition) is 2. The number of aromatic nitrogens is 2. The Bertz CT molecular complexity index is 433. The van der Waals surface area contributed by atoms with Crippen LogP contribution in [-0.4, -0.2) is 9.97 Å². The van der Waals surface area contributed by atoms with Gasteiger partial charge in [0.15, 0.2) is 0 Å². The second kappa shape index (κ2) is 4.39. The van der Waals surface area contributed by atoms with Crippen LogP contribution in [0.1, 0.15) is 0 Å². The third-order valence-corrected chi connectivity index (χ3v) is 2.52. The molecule has 68 valence electrons. The lowest BCUT2D eigenvalue weighted by atomic mass is 10.2. The van der Waals surface area contributed by atoms with Crippen molar-refractivity contribution in [2.75, 3.05) is 0 Å². The highest BCUT2D eigenvalue weighted by Crippen LogP contribution is 2.20. The Balaban J connectivity index is 0.000000845. The molecule has 0 atom stereocenters. The minimum absolute atomic E-state index is 0. The van der Waals surface area contributed by atoms with Gasteiger partial charge >= 0.3 is 0 Å². The van der Waals surface area contributed by atoms with E-state index in [-0.39, 0.29) is 12.4 Å². The van der Waals surface area contributed by atoms with E-state index in [1.165, 1.54) is 6.33 Å². The van der Waals surface area contributed by atoms with E-state index in [0.717, 1.165) is 14.5 Å². The van der Waals surface area contributed by atoms with E-state index in [0.29, 0.717) is 5.15 Å². The maximum absolute atomic E-state index is 5.87. The minimum atomic E-state index is 0. The Morgan fingerprint density at radius 3 is 2.77 bits per heavy atom. The molecule has 2 aromatic rings. The minimum Gasteiger partial charge on any atom is -0.236 e. The Morgan fingerprint density at radius 1 is 1.23 bits per heavy atom. The molecule has 1 aromatic carbocycles. The molecular formula is C8H5Cl2IN2. The van der Waals surface area contributed by atoms with Crippen molar-refractivity contribution in [1.29, 1.82) is 0 Å². The predicted molar refractivity (Wildman–Crippen MR) is 64.5 cm³/mol. The van der Waals surface area contributed by atoms with E-state index in [1.54, 1.807) is 0 Å². The average Bonchev–Trinajstić information content (AvgIpc) is 2.07. The van der Waals surface area contributed by atoms with Crippen molar-refractivity contribution in [2.24, 2.45) is 0 Å². The standard InChI is InChI=1S/C8H4ClIN2.ClH/c9-8-6-3-5(10)1-2-7(6)11-4-12-8;/h1-4H;1H. The summed E-state index contributed by atoms with van der Waals surface area (Å²) in [5.74, 6) is 0. The summed E-state index contributed by atoms with van der Waals surface area (Å²) in [5.41, 5.74) is 0.885. The lowest BCUT2D eigenvalue weighted by molar-refractivity contribution is 1.22. The number of rotatable bonds is 0. The normalized spacial score (nSPS) is 9.69. The highest BCUT2D eigenvalue weighted by atomic mass is 127. The summed E-state index contributed by atoms with van der Waals surface area (Å²) in [5, 5.41) is 1.42. The molecule has 0 saturated carbocycles. The molecule has 0 aliphatic carbocycles. The summed E-state index contributed by atoms with van der Waals surface area (Å²) in [6.45, 7) is 0. The quantitative estimate of drug-likeness (QED) is 0.548. The van der Waals surface area contributed by atoms with Gasteiger partial charge < -0.3 is 0 Å². The monoisotopic (exact) mass is 326 g/mol. The van der Waals surface area contributed by atoms with E-state index in [4.69, 9.17) is 11.6 Å². The van der Waals surface area contributed by atoms with Gasteiger partial charge in [0.05, 0.1) is 5.52 Å². The Labute approximate surface area is 100 Å². The summed E-state index contributed by atoms with van der Waals surface area (Å²) in [4.78, 5) is 7.98. The molecule has 1 heterocycles. The van der Waals surface area contributed by atoms with Crippen LogP contribution >= 0.6 is 46.6 Å². The maximum atomic E-state index is 5.87. The van der Waals surface area contributed by atoms with Crippen LogP contribution in [0.5, 0.6) is 0 Å². The average molecular weight is 327 g/mol. The van der Waals surface area contributed by atoms with Crippen LogP contribution in [-0.2, 0) is 0 Å². The molecule has 0 N–H and O–H groups in total. The molecule has 0 aliphatic heterocycles. The van der Waals surface area contributed by atoms with E-state index in [9.17, 15) is 0 Å². The molecule has 0 saturated heterocycles. The summed E-state index contributed by atoms with van der Waals surface area (Å²) in [7, 11) is 0. The molecule has 13 heavy (non-hydrogen) atoms. The molecule has 0 radical (unpaired) electrons. The van der Waals surface area contributed by atoms with Crippen molar-refractivity contribution in [3.05, 3.63) is 33.2 Å². The van der Waals surface area contributed by atoms with Gasteiger partial charge in [-0.3, -0.25) is 0 Å². The smallest absolute Gasteiger partial charge is 0.140 e. The van der Waals surface area contributed by atoms with E-state index in [1.807, 2.05) is 18.2 Å².